The van der Waals surface area contributed by atoms with E-state index in [9.17, 15) is 4.79 Å². The lowest BCUT2D eigenvalue weighted by atomic mass is 10.2. The van der Waals surface area contributed by atoms with Crippen LogP contribution in [0.2, 0.25) is 0 Å². The van der Waals surface area contributed by atoms with E-state index in [1.807, 2.05) is 6.92 Å². The van der Waals surface area contributed by atoms with Crippen LogP contribution in [-0.4, -0.2) is 22.4 Å². The predicted octanol–water partition coefficient (Wildman–Crippen LogP) is 0.872. The van der Waals surface area contributed by atoms with Crippen molar-refractivity contribution >= 4 is 5.91 Å². The second kappa shape index (κ2) is 7.22. The summed E-state index contributed by atoms with van der Waals surface area (Å²) in [6.07, 6.45) is 3.96. The van der Waals surface area contributed by atoms with Crippen molar-refractivity contribution in [3.8, 4) is 11.8 Å². The van der Waals surface area contributed by atoms with E-state index in [0.717, 1.165) is 12.2 Å². The van der Waals surface area contributed by atoms with E-state index in [1.54, 1.807) is 24.5 Å². The van der Waals surface area contributed by atoms with Crippen molar-refractivity contribution < 1.29 is 9.21 Å². The van der Waals surface area contributed by atoms with Crippen LogP contribution in [0.4, 0.5) is 0 Å². The molecule has 0 saturated heterocycles. The molecule has 0 unspecified atom stereocenters. The fourth-order valence-electron chi connectivity index (χ4n) is 1.67. The molecule has 0 fully saturated rings. The van der Waals surface area contributed by atoms with Crippen LogP contribution in [0.5, 0.6) is 0 Å². The Hall–Kier alpha value is -2.65. The molecule has 2 heterocycles. The van der Waals surface area contributed by atoms with Gasteiger partial charge in [-0.3, -0.25) is 4.79 Å². The number of nitrogens with zero attached hydrogens (tertiary/aromatic N) is 2. The van der Waals surface area contributed by atoms with Crippen LogP contribution >= 0.6 is 0 Å². The standard InChI is InChI=1S/C15H16N4O2/c1-2-12-9-18-13(21-12)10-19-15(20)14-11(5-3-7-16)6-4-8-17-14/h4,6,8-9H,2,7,10,16H2,1H3,(H,19,20). The van der Waals surface area contributed by atoms with E-state index in [0.29, 0.717) is 11.5 Å². The Labute approximate surface area is 122 Å². The number of oxazole rings is 1. The largest absolute Gasteiger partial charge is 0.444 e. The summed E-state index contributed by atoms with van der Waals surface area (Å²) in [6.45, 7) is 2.41. The minimum atomic E-state index is -0.326. The van der Waals surface area contributed by atoms with E-state index in [4.69, 9.17) is 10.2 Å². The third-order valence-corrected chi connectivity index (χ3v) is 2.70. The number of aryl methyl sites for hydroxylation is 1. The Morgan fingerprint density at radius 2 is 2.33 bits per heavy atom. The van der Waals surface area contributed by atoms with Gasteiger partial charge in [-0.25, -0.2) is 9.97 Å². The number of amides is 1. The second-order valence-electron chi connectivity index (χ2n) is 4.16. The topological polar surface area (TPSA) is 94.0 Å². The van der Waals surface area contributed by atoms with Gasteiger partial charge in [0.1, 0.15) is 11.5 Å². The third-order valence-electron chi connectivity index (χ3n) is 2.70. The molecule has 3 N–H and O–H groups in total. The lowest BCUT2D eigenvalue weighted by molar-refractivity contribution is 0.0942. The Balaban J connectivity index is 2.06. The molecular formula is C15H16N4O2. The molecule has 6 nitrogen and oxygen atoms in total. The molecule has 0 aromatic carbocycles. The van der Waals surface area contributed by atoms with Gasteiger partial charge in [0.25, 0.3) is 5.91 Å². The molecule has 0 bridgehead atoms. The smallest absolute Gasteiger partial charge is 0.271 e. The first-order chi connectivity index (χ1) is 10.2. The summed E-state index contributed by atoms with van der Waals surface area (Å²) in [4.78, 5) is 20.3. The summed E-state index contributed by atoms with van der Waals surface area (Å²) in [5.74, 6) is 6.46. The summed E-state index contributed by atoms with van der Waals surface area (Å²) in [5, 5.41) is 2.71. The fourth-order valence-corrected chi connectivity index (χ4v) is 1.67. The molecule has 21 heavy (non-hydrogen) atoms. The number of hydrogen-bond acceptors (Lipinski definition) is 5. The number of aromatic nitrogens is 2. The Morgan fingerprint density at radius 1 is 1.48 bits per heavy atom. The van der Waals surface area contributed by atoms with E-state index in [1.165, 1.54) is 0 Å². The minimum Gasteiger partial charge on any atom is -0.444 e. The first-order valence-corrected chi connectivity index (χ1v) is 6.60. The third kappa shape index (κ3) is 3.91. The van der Waals surface area contributed by atoms with Crippen molar-refractivity contribution in [1.82, 2.24) is 15.3 Å². The Bertz CT molecular complexity index is 682. The predicted molar refractivity (Wildman–Crippen MR) is 77.2 cm³/mol. The average molecular weight is 284 g/mol. The first kappa shape index (κ1) is 14.8. The summed E-state index contributed by atoms with van der Waals surface area (Å²) < 4.78 is 5.42. The number of carbonyl (C=O) groups excluding carboxylic acids is 1. The summed E-state index contributed by atoms with van der Waals surface area (Å²) in [7, 11) is 0. The molecule has 1 amide bonds. The molecule has 0 saturated carbocycles. The molecule has 0 radical (unpaired) electrons. The normalized spacial score (nSPS) is 9.81. The van der Waals surface area contributed by atoms with Crippen LogP contribution in [0.25, 0.3) is 0 Å². The Kier molecular flexibility index (Phi) is 5.07. The number of hydrogen-bond donors (Lipinski definition) is 2. The van der Waals surface area contributed by atoms with Crippen molar-refractivity contribution in [1.29, 1.82) is 0 Å². The number of pyridine rings is 1. The highest BCUT2D eigenvalue weighted by Gasteiger charge is 2.12. The van der Waals surface area contributed by atoms with Crippen molar-refractivity contribution in [2.45, 2.75) is 19.9 Å². The van der Waals surface area contributed by atoms with E-state index in [-0.39, 0.29) is 24.7 Å². The van der Waals surface area contributed by atoms with Crippen LogP contribution in [0.3, 0.4) is 0 Å². The summed E-state index contributed by atoms with van der Waals surface area (Å²) in [6, 6.07) is 3.45. The number of rotatable bonds is 4. The molecule has 2 rings (SSSR count). The second-order valence-corrected chi connectivity index (χ2v) is 4.16. The zero-order chi connectivity index (χ0) is 15.1. The van der Waals surface area contributed by atoms with Gasteiger partial charge in [-0.05, 0) is 12.1 Å². The zero-order valence-corrected chi connectivity index (χ0v) is 11.7. The summed E-state index contributed by atoms with van der Waals surface area (Å²) >= 11 is 0. The van der Waals surface area contributed by atoms with Crippen LogP contribution in [0.15, 0.2) is 28.9 Å². The van der Waals surface area contributed by atoms with Crippen molar-refractivity contribution in [3.05, 3.63) is 47.4 Å². The van der Waals surface area contributed by atoms with Crippen LogP contribution in [0, 0.1) is 11.8 Å². The maximum Gasteiger partial charge on any atom is 0.271 e. The first-order valence-electron chi connectivity index (χ1n) is 6.60. The monoisotopic (exact) mass is 284 g/mol. The molecule has 108 valence electrons. The SMILES string of the molecule is CCc1cnc(CNC(=O)c2ncccc2C#CCN)o1. The lowest BCUT2D eigenvalue weighted by Crippen LogP contribution is -2.24. The van der Waals surface area contributed by atoms with E-state index >= 15 is 0 Å². The van der Waals surface area contributed by atoms with Gasteiger partial charge in [-0.2, -0.15) is 0 Å². The van der Waals surface area contributed by atoms with E-state index in [2.05, 4.69) is 27.1 Å². The van der Waals surface area contributed by atoms with Gasteiger partial charge in [-0.15, -0.1) is 0 Å². The molecule has 6 heteroatoms. The summed E-state index contributed by atoms with van der Waals surface area (Å²) in [5.41, 5.74) is 6.15. The van der Waals surface area contributed by atoms with Crippen LogP contribution in [-0.2, 0) is 13.0 Å². The molecule has 0 aliphatic heterocycles. The highest BCUT2D eigenvalue weighted by atomic mass is 16.4. The molecule has 0 aliphatic carbocycles. The van der Waals surface area contributed by atoms with Gasteiger partial charge in [-0.1, -0.05) is 18.8 Å². The van der Waals surface area contributed by atoms with Gasteiger partial charge in [0.15, 0.2) is 0 Å². The molecule has 2 aromatic heterocycles. The van der Waals surface area contributed by atoms with Gasteiger partial charge in [0.05, 0.1) is 24.8 Å². The van der Waals surface area contributed by atoms with Crippen molar-refractivity contribution in [3.63, 3.8) is 0 Å². The van der Waals surface area contributed by atoms with E-state index < -0.39 is 0 Å². The van der Waals surface area contributed by atoms with Gasteiger partial charge in [0.2, 0.25) is 5.89 Å². The average Bonchev–Trinajstić information content (AvgIpc) is 2.99. The Morgan fingerprint density at radius 3 is 3.05 bits per heavy atom. The van der Waals surface area contributed by atoms with Gasteiger partial charge < -0.3 is 15.5 Å². The highest BCUT2D eigenvalue weighted by Crippen LogP contribution is 2.06. The number of carbonyl (C=O) groups is 1. The minimum absolute atomic E-state index is 0.208. The molecule has 2 aromatic rings. The molecule has 0 atom stereocenters. The number of nitrogens with one attached hydrogen (secondary N) is 1. The molecular weight excluding hydrogens is 268 g/mol. The lowest BCUT2D eigenvalue weighted by Gasteiger charge is -2.04. The van der Waals surface area contributed by atoms with Crippen molar-refractivity contribution in [2.24, 2.45) is 5.73 Å². The quantitative estimate of drug-likeness (QED) is 0.813. The highest BCUT2D eigenvalue weighted by molar-refractivity contribution is 5.94. The van der Waals surface area contributed by atoms with Gasteiger partial charge >= 0.3 is 0 Å². The molecule has 0 spiro atoms. The van der Waals surface area contributed by atoms with Crippen LogP contribution in [0.1, 0.15) is 34.6 Å². The zero-order valence-electron chi connectivity index (χ0n) is 11.7. The fraction of sp³-hybridized carbons (Fsp3) is 0.267. The maximum absolute atomic E-state index is 12.1. The molecule has 0 aliphatic rings. The van der Waals surface area contributed by atoms with Gasteiger partial charge in [0, 0.05) is 12.6 Å². The van der Waals surface area contributed by atoms with Crippen molar-refractivity contribution in [2.75, 3.05) is 6.54 Å². The number of nitrogens with two attached hydrogens (primary N) is 1. The van der Waals surface area contributed by atoms with Crippen LogP contribution < -0.4 is 11.1 Å². The maximum atomic E-state index is 12.1.